The van der Waals surface area contributed by atoms with Gasteiger partial charge in [0.25, 0.3) is 11.8 Å². The van der Waals surface area contributed by atoms with Crippen LogP contribution >= 0.6 is 0 Å². The number of hydrogen-bond acceptors (Lipinski definition) is 8. The Morgan fingerprint density at radius 3 is 2.32 bits per heavy atom. The molecule has 4 amide bonds. The maximum absolute atomic E-state index is 13.1. The highest BCUT2D eigenvalue weighted by Crippen LogP contribution is 2.31. The minimum absolute atomic E-state index is 0.159. The fourth-order valence-electron chi connectivity index (χ4n) is 3.14. The highest BCUT2D eigenvalue weighted by molar-refractivity contribution is 6.39. The van der Waals surface area contributed by atoms with Crippen LogP contribution in [0.5, 0.6) is 17.2 Å². The van der Waals surface area contributed by atoms with Gasteiger partial charge in [-0.15, -0.1) is 0 Å². The van der Waals surface area contributed by atoms with E-state index in [1.54, 1.807) is 19.1 Å². The van der Waals surface area contributed by atoms with E-state index in [0.29, 0.717) is 17.9 Å². The summed E-state index contributed by atoms with van der Waals surface area (Å²) in [6.45, 7) is 5.60. The molecule has 0 saturated carbocycles. The molecule has 0 unspecified atom stereocenters. The van der Waals surface area contributed by atoms with Crippen molar-refractivity contribution in [1.29, 1.82) is 0 Å². The van der Waals surface area contributed by atoms with E-state index in [4.69, 9.17) is 14.2 Å². The van der Waals surface area contributed by atoms with Crippen LogP contribution in [0.15, 0.2) is 48.0 Å². The molecule has 34 heavy (non-hydrogen) atoms. The number of hydrogen-bond donors (Lipinski definition) is 1. The van der Waals surface area contributed by atoms with E-state index >= 15 is 0 Å². The minimum atomic E-state index is -1.39. The number of rotatable bonds is 9. The maximum atomic E-state index is 13.1. The first-order valence-corrected chi connectivity index (χ1v) is 10.5. The number of urea groups is 1. The van der Waals surface area contributed by atoms with Crippen molar-refractivity contribution in [2.45, 2.75) is 26.9 Å². The number of carboxylic acids is 1. The van der Waals surface area contributed by atoms with E-state index in [2.05, 4.69) is 5.32 Å². The first-order valence-electron chi connectivity index (χ1n) is 10.5. The van der Waals surface area contributed by atoms with Crippen molar-refractivity contribution in [2.24, 2.45) is 0 Å². The number of carboxylic acid groups (broad SMARTS) is 1. The van der Waals surface area contributed by atoms with E-state index in [1.165, 1.54) is 43.3 Å². The lowest BCUT2D eigenvalue weighted by atomic mass is 10.1. The number of carbonyl (C=O) groups excluding carboxylic acids is 4. The Labute approximate surface area is 195 Å². The molecule has 1 atom stereocenters. The van der Waals surface area contributed by atoms with E-state index < -0.39 is 29.9 Å². The summed E-state index contributed by atoms with van der Waals surface area (Å²) in [5.41, 5.74) is 0.392. The standard InChI is InChI=1S/C24H24N2O8/c1-4-32-17-9-7-16(8-10-17)26-22(28)18(21(27)25-24(26)31)12-15-6-11-19(20(13-15)33-5-2)34-14(3)23(29)30/h6-14H,4-5H2,1-3H3,(H,29,30)(H,25,27,31)/p-1/b18-12+/t14-/m1/s1. The Hall–Kier alpha value is -4.34. The van der Waals surface area contributed by atoms with E-state index in [9.17, 15) is 24.3 Å². The number of nitrogens with zero attached hydrogens (tertiary/aromatic N) is 1. The molecule has 1 saturated heterocycles. The van der Waals surface area contributed by atoms with Gasteiger partial charge in [-0.2, -0.15) is 0 Å². The largest absolute Gasteiger partial charge is 0.546 e. The topological polar surface area (TPSA) is 134 Å². The number of aliphatic carboxylic acids is 1. The van der Waals surface area contributed by atoms with Gasteiger partial charge in [-0.1, -0.05) is 6.07 Å². The fourth-order valence-corrected chi connectivity index (χ4v) is 3.14. The smallest absolute Gasteiger partial charge is 0.335 e. The molecule has 10 nitrogen and oxygen atoms in total. The number of barbiturate groups is 1. The molecule has 1 N–H and O–H groups in total. The van der Waals surface area contributed by atoms with E-state index in [0.717, 1.165) is 4.90 Å². The van der Waals surface area contributed by atoms with Crippen molar-refractivity contribution in [2.75, 3.05) is 18.1 Å². The van der Waals surface area contributed by atoms with Crippen molar-refractivity contribution < 1.29 is 38.5 Å². The van der Waals surface area contributed by atoms with Gasteiger partial charge in [0.05, 0.1) is 24.9 Å². The molecular formula is C24H23N2O8-. The second-order valence-electron chi connectivity index (χ2n) is 7.10. The monoisotopic (exact) mass is 467 g/mol. The van der Waals surface area contributed by atoms with Crippen LogP contribution in [-0.4, -0.2) is 43.1 Å². The SMILES string of the molecule is CCOc1ccc(N2C(=O)NC(=O)/C(=C\c3ccc(O[C@H](C)C(=O)[O-])c(OCC)c3)C2=O)cc1. The van der Waals surface area contributed by atoms with Crippen LogP contribution in [0.1, 0.15) is 26.3 Å². The van der Waals surface area contributed by atoms with E-state index in [1.807, 2.05) is 6.92 Å². The lowest BCUT2D eigenvalue weighted by Crippen LogP contribution is -2.54. The summed E-state index contributed by atoms with van der Waals surface area (Å²) < 4.78 is 16.2. The summed E-state index contributed by atoms with van der Waals surface area (Å²) in [6, 6.07) is 9.89. The first-order chi connectivity index (χ1) is 16.2. The molecule has 0 aliphatic carbocycles. The van der Waals surface area contributed by atoms with Crippen LogP contribution in [-0.2, 0) is 14.4 Å². The lowest BCUT2D eigenvalue weighted by Gasteiger charge is -2.26. The lowest BCUT2D eigenvalue weighted by molar-refractivity contribution is -0.312. The first kappa shape index (κ1) is 24.3. The zero-order valence-electron chi connectivity index (χ0n) is 18.8. The third-order valence-corrected chi connectivity index (χ3v) is 4.72. The predicted molar refractivity (Wildman–Crippen MR) is 119 cm³/mol. The van der Waals surface area contributed by atoms with E-state index in [-0.39, 0.29) is 29.4 Å². The minimum Gasteiger partial charge on any atom is -0.546 e. The quantitative estimate of drug-likeness (QED) is 0.435. The highest BCUT2D eigenvalue weighted by atomic mass is 16.5. The van der Waals surface area contributed by atoms with Gasteiger partial charge < -0.3 is 24.1 Å². The van der Waals surface area contributed by atoms with Crippen molar-refractivity contribution >= 4 is 35.6 Å². The molecule has 0 radical (unpaired) electrons. The van der Waals surface area contributed by atoms with Gasteiger partial charge in [0.15, 0.2) is 11.5 Å². The predicted octanol–water partition coefficient (Wildman–Crippen LogP) is 1.67. The van der Waals surface area contributed by atoms with Gasteiger partial charge in [0, 0.05) is 0 Å². The molecule has 3 rings (SSSR count). The maximum Gasteiger partial charge on any atom is 0.335 e. The molecule has 1 heterocycles. The summed E-state index contributed by atoms with van der Waals surface area (Å²) in [4.78, 5) is 49.8. The molecule has 0 aromatic heterocycles. The van der Waals surface area contributed by atoms with Gasteiger partial charge in [0.1, 0.15) is 17.4 Å². The Morgan fingerprint density at radius 1 is 1.03 bits per heavy atom. The Bertz CT molecular complexity index is 1140. The zero-order chi connectivity index (χ0) is 24.8. The third kappa shape index (κ3) is 5.34. The molecule has 1 fully saturated rings. The van der Waals surface area contributed by atoms with Crippen LogP contribution in [0.2, 0.25) is 0 Å². The molecule has 2 aromatic rings. The number of amides is 4. The number of benzene rings is 2. The third-order valence-electron chi connectivity index (χ3n) is 4.72. The van der Waals surface area contributed by atoms with Crippen LogP contribution < -0.4 is 29.5 Å². The second-order valence-corrected chi connectivity index (χ2v) is 7.10. The summed E-state index contributed by atoms with van der Waals surface area (Å²) in [6.07, 6.45) is 0.0861. The van der Waals surface area contributed by atoms with Gasteiger partial charge in [-0.05, 0) is 68.8 Å². The van der Waals surface area contributed by atoms with Crippen LogP contribution in [0.4, 0.5) is 10.5 Å². The van der Waals surface area contributed by atoms with Crippen molar-refractivity contribution in [3.63, 3.8) is 0 Å². The van der Waals surface area contributed by atoms with Gasteiger partial charge in [-0.3, -0.25) is 14.9 Å². The number of ether oxygens (including phenoxy) is 3. The van der Waals surface area contributed by atoms with Gasteiger partial charge in [0.2, 0.25) is 0 Å². The molecular weight excluding hydrogens is 444 g/mol. The molecule has 1 aliphatic rings. The number of anilines is 1. The number of nitrogens with one attached hydrogen (secondary N) is 1. The fraction of sp³-hybridized carbons (Fsp3) is 0.250. The van der Waals surface area contributed by atoms with Gasteiger partial charge in [-0.25, -0.2) is 9.69 Å². The number of imide groups is 2. The van der Waals surface area contributed by atoms with Crippen molar-refractivity contribution in [3.8, 4) is 17.2 Å². The van der Waals surface area contributed by atoms with Crippen LogP contribution in [0.3, 0.4) is 0 Å². The summed E-state index contributed by atoms with van der Waals surface area (Å²) in [5.74, 6) is -2.10. The molecule has 10 heteroatoms. The average molecular weight is 467 g/mol. The van der Waals surface area contributed by atoms with Crippen molar-refractivity contribution in [3.05, 3.63) is 53.6 Å². The van der Waals surface area contributed by atoms with Crippen LogP contribution in [0, 0.1) is 0 Å². The summed E-state index contributed by atoms with van der Waals surface area (Å²) in [5, 5.41) is 13.2. The molecule has 1 aliphatic heterocycles. The number of carbonyl (C=O) groups is 4. The molecule has 0 spiro atoms. The van der Waals surface area contributed by atoms with Crippen molar-refractivity contribution in [1.82, 2.24) is 5.32 Å². The average Bonchev–Trinajstić information content (AvgIpc) is 2.79. The molecule has 178 valence electrons. The Balaban J connectivity index is 1.93. The summed E-state index contributed by atoms with van der Waals surface area (Å²) >= 11 is 0. The Kier molecular flexibility index (Phi) is 7.52. The van der Waals surface area contributed by atoms with Crippen LogP contribution in [0.25, 0.3) is 6.08 Å². The summed E-state index contributed by atoms with van der Waals surface area (Å²) in [7, 11) is 0. The Morgan fingerprint density at radius 2 is 1.71 bits per heavy atom. The molecule has 2 aromatic carbocycles. The molecule has 0 bridgehead atoms. The zero-order valence-corrected chi connectivity index (χ0v) is 18.8. The second kappa shape index (κ2) is 10.5. The highest BCUT2D eigenvalue weighted by Gasteiger charge is 2.36. The van der Waals surface area contributed by atoms with Gasteiger partial charge >= 0.3 is 6.03 Å². The normalized spacial score (nSPS) is 15.7.